The lowest BCUT2D eigenvalue weighted by molar-refractivity contribution is -0.0310. The Kier molecular flexibility index (Phi) is 2.76. The summed E-state index contributed by atoms with van der Waals surface area (Å²) in [5.41, 5.74) is 0.994. The first-order valence-corrected chi connectivity index (χ1v) is 6.10. The minimum absolute atomic E-state index is 0.102. The third-order valence-corrected chi connectivity index (χ3v) is 3.27. The Bertz CT molecular complexity index is 384. The second-order valence-corrected chi connectivity index (χ2v) is 4.24. The highest BCUT2D eigenvalue weighted by atomic mass is 19.3. The van der Waals surface area contributed by atoms with Crippen LogP contribution in [0.15, 0.2) is 6.20 Å². The number of halogens is 2. The predicted octanol–water partition coefficient (Wildman–Crippen LogP) is 3.53. The molecule has 2 nitrogen and oxygen atoms in total. The molecule has 16 heavy (non-hydrogen) atoms. The molecule has 1 saturated carbocycles. The van der Waals surface area contributed by atoms with Gasteiger partial charge in [-0.05, 0) is 18.8 Å². The van der Waals surface area contributed by atoms with Gasteiger partial charge in [-0.3, -0.25) is 4.68 Å². The molecule has 2 aliphatic carbocycles. The zero-order valence-corrected chi connectivity index (χ0v) is 10.0. The van der Waals surface area contributed by atoms with Crippen molar-refractivity contribution >= 4 is 0 Å². The van der Waals surface area contributed by atoms with E-state index < -0.39 is 11.8 Å². The third-order valence-electron chi connectivity index (χ3n) is 3.27. The van der Waals surface area contributed by atoms with E-state index in [1.807, 2.05) is 20.8 Å². The van der Waals surface area contributed by atoms with Crippen LogP contribution >= 0.6 is 0 Å². The summed E-state index contributed by atoms with van der Waals surface area (Å²) in [7, 11) is 0. The van der Waals surface area contributed by atoms with Gasteiger partial charge < -0.3 is 0 Å². The van der Waals surface area contributed by atoms with Crippen LogP contribution in [0.1, 0.15) is 50.8 Å². The van der Waals surface area contributed by atoms with E-state index in [1.165, 1.54) is 4.68 Å². The first-order valence-electron chi connectivity index (χ1n) is 6.10. The van der Waals surface area contributed by atoms with Crippen molar-refractivity contribution < 1.29 is 8.78 Å². The number of aryl methyl sites for hydroxylation is 1. The van der Waals surface area contributed by atoms with Crippen LogP contribution in [0.4, 0.5) is 8.78 Å². The Labute approximate surface area is 94.6 Å². The van der Waals surface area contributed by atoms with E-state index in [4.69, 9.17) is 0 Å². The topological polar surface area (TPSA) is 17.8 Å². The Balaban J connectivity index is 0.000000457. The van der Waals surface area contributed by atoms with E-state index >= 15 is 0 Å². The van der Waals surface area contributed by atoms with E-state index in [2.05, 4.69) is 5.10 Å². The minimum Gasteiger partial charge on any atom is -0.263 e. The molecule has 0 aliphatic heterocycles. The average molecular weight is 228 g/mol. The lowest BCUT2D eigenvalue weighted by atomic mass is 10.1. The summed E-state index contributed by atoms with van der Waals surface area (Å²) < 4.78 is 28.9. The Morgan fingerprint density at radius 1 is 1.50 bits per heavy atom. The fourth-order valence-corrected chi connectivity index (χ4v) is 2.53. The largest absolute Gasteiger partial charge is 0.293 e. The van der Waals surface area contributed by atoms with E-state index in [0.717, 1.165) is 12.0 Å². The van der Waals surface area contributed by atoms with Gasteiger partial charge in [0.15, 0.2) is 0 Å². The SMILES string of the molecule is CC.CCCn1ncc2c1C(F)(F)[C@H]1CC21. The molecule has 0 aromatic carbocycles. The van der Waals surface area contributed by atoms with Crippen LogP contribution in [-0.2, 0) is 12.5 Å². The molecular weight excluding hydrogens is 210 g/mol. The van der Waals surface area contributed by atoms with Crippen LogP contribution in [0.2, 0.25) is 0 Å². The number of nitrogens with zero attached hydrogens (tertiary/aromatic N) is 2. The highest BCUT2D eigenvalue weighted by molar-refractivity contribution is 5.41. The van der Waals surface area contributed by atoms with Crippen LogP contribution in [0.3, 0.4) is 0 Å². The molecule has 1 heterocycles. The minimum atomic E-state index is -2.62. The molecule has 90 valence electrons. The standard InChI is InChI=1S/C10H12F2N2.C2H6/c1-2-3-14-9-7(5-13-14)6-4-8(6)10(9,11)12;1-2/h5-6,8H,2-4H2,1H3;1-2H3/t6?,8-;/m0./s1. The van der Waals surface area contributed by atoms with Crippen LogP contribution < -0.4 is 0 Å². The molecule has 1 aromatic heterocycles. The summed E-state index contributed by atoms with van der Waals surface area (Å²) in [6.07, 6.45) is 3.13. The maximum atomic E-state index is 13.7. The van der Waals surface area contributed by atoms with Gasteiger partial charge in [0.05, 0.1) is 6.20 Å². The average Bonchev–Trinajstić information content (AvgIpc) is 2.92. The van der Waals surface area contributed by atoms with Gasteiger partial charge in [0.2, 0.25) is 0 Å². The van der Waals surface area contributed by atoms with Gasteiger partial charge >= 0.3 is 0 Å². The van der Waals surface area contributed by atoms with Gasteiger partial charge in [0.1, 0.15) is 5.69 Å². The van der Waals surface area contributed by atoms with Crippen molar-refractivity contribution in [2.45, 2.75) is 52.0 Å². The molecule has 0 N–H and O–H groups in total. The number of hydrogen-bond acceptors (Lipinski definition) is 1. The summed E-state index contributed by atoms with van der Waals surface area (Å²) in [6, 6.07) is 0. The molecule has 0 saturated heterocycles. The van der Waals surface area contributed by atoms with Crippen molar-refractivity contribution in [2.24, 2.45) is 5.92 Å². The zero-order chi connectivity index (χ0) is 11.9. The van der Waals surface area contributed by atoms with Gasteiger partial charge in [-0.2, -0.15) is 13.9 Å². The Morgan fingerprint density at radius 3 is 2.81 bits per heavy atom. The summed E-state index contributed by atoms with van der Waals surface area (Å²) in [5.74, 6) is -2.93. The second-order valence-electron chi connectivity index (χ2n) is 4.24. The Morgan fingerprint density at radius 2 is 2.19 bits per heavy atom. The maximum Gasteiger partial charge on any atom is 0.293 e. The molecule has 4 heteroatoms. The van der Waals surface area contributed by atoms with E-state index in [0.29, 0.717) is 13.0 Å². The van der Waals surface area contributed by atoms with E-state index in [9.17, 15) is 8.78 Å². The summed E-state index contributed by atoms with van der Waals surface area (Å²) in [5, 5.41) is 4.04. The van der Waals surface area contributed by atoms with Crippen molar-refractivity contribution in [3.63, 3.8) is 0 Å². The molecule has 1 unspecified atom stereocenters. The van der Waals surface area contributed by atoms with Gasteiger partial charge in [-0.15, -0.1) is 0 Å². The van der Waals surface area contributed by atoms with Crippen molar-refractivity contribution in [1.82, 2.24) is 9.78 Å². The van der Waals surface area contributed by atoms with Crippen LogP contribution in [-0.4, -0.2) is 9.78 Å². The molecular formula is C12H18F2N2. The smallest absolute Gasteiger partial charge is 0.263 e. The number of fused-ring (bicyclic) bond motifs is 3. The molecule has 0 radical (unpaired) electrons. The molecule has 1 aromatic rings. The van der Waals surface area contributed by atoms with Crippen LogP contribution in [0.25, 0.3) is 0 Å². The zero-order valence-electron chi connectivity index (χ0n) is 10.0. The molecule has 2 atom stereocenters. The van der Waals surface area contributed by atoms with Crippen molar-refractivity contribution in [3.05, 3.63) is 17.5 Å². The molecule has 0 spiro atoms. The number of hydrogen-bond donors (Lipinski definition) is 0. The molecule has 2 aliphatic rings. The van der Waals surface area contributed by atoms with Crippen LogP contribution in [0, 0.1) is 5.92 Å². The van der Waals surface area contributed by atoms with Crippen molar-refractivity contribution in [1.29, 1.82) is 0 Å². The fourth-order valence-electron chi connectivity index (χ4n) is 2.53. The molecule has 3 rings (SSSR count). The number of aromatic nitrogens is 2. The van der Waals surface area contributed by atoms with Crippen molar-refractivity contribution in [2.75, 3.05) is 0 Å². The Hall–Kier alpha value is -0.930. The second kappa shape index (κ2) is 3.82. The molecule has 1 fully saturated rings. The summed E-state index contributed by atoms with van der Waals surface area (Å²) >= 11 is 0. The maximum absolute atomic E-state index is 13.7. The van der Waals surface area contributed by atoms with E-state index in [-0.39, 0.29) is 11.6 Å². The van der Waals surface area contributed by atoms with Crippen LogP contribution in [0.5, 0.6) is 0 Å². The highest BCUT2D eigenvalue weighted by Gasteiger charge is 2.65. The van der Waals surface area contributed by atoms with E-state index in [1.54, 1.807) is 6.20 Å². The van der Waals surface area contributed by atoms with Gasteiger partial charge in [0, 0.05) is 18.0 Å². The summed E-state index contributed by atoms with van der Waals surface area (Å²) in [6.45, 7) is 6.58. The number of alkyl halides is 2. The van der Waals surface area contributed by atoms with Crippen molar-refractivity contribution in [3.8, 4) is 0 Å². The number of rotatable bonds is 2. The summed E-state index contributed by atoms with van der Waals surface area (Å²) in [4.78, 5) is 0. The quantitative estimate of drug-likeness (QED) is 0.757. The first kappa shape index (κ1) is 11.6. The monoisotopic (exact) mass is 228 g/mol. The highest BCUT2D eigenvalue weighted by Crippen LogP contribution is 2.66. The molecule has 0 amide bonds. The normalized spacial score (nSPS) is 27.8. The lowest BCUT2D eigenvalue weighted by Crippen LogP contribution is -2.19. The van der Waals surface area contributed by atoms with Gasteiger partial charge in [-0.25, -0.2) is 0 Å². The lowest BCUT2D eigenvalue weighted by Gasteiger charge is -2.14. The molecule has 0 bridgehead atoms. The third kappa shape index (κ3) is 1.39. The fraction of sp³-hybridized carbons (Fsp3) is 0.750. The first-order chi connectivity index (χ1) is 7.66. The van der Waals surface area contributed by atoms with Gasteiger partial charge in [0.25, 0.3) is 5.92 Å². The van der Waals surface area contributed by atoms with Gasteiger partial charge in [-0.1, -0.05) is 20.8 Å². The predicted molar refractivity (Wildman–Crippen MR) is 58.6 cm³/mol.